The van der Waals surface area contributed by atoms with Gasteiger partial charge in [0.25, 0.3) is 0 Å². The second-order valence-corrected chi connectivity index (χ2v) is 5.36. The van der Waals surface area contributed by atoms with Crippen LogP contribution in [0, 0.1) is 0 Å². The Balaban J connectivity index is 2.34. The van der Waals surface area contributed by atoms with Crippen molar-refractivity contribution >= 4 is 23.3 Å². The Kier molecular flexibility index (Phi) is 5.66. The highest BCUT2D eigenvalue weighted by Gasteiger charge is 2.22. The highest BCUT2D eigenvalue weighted by Crippen LogP contribution is 2.29. The molecule has 0 bridgehead atoms. The van der Waals surface area contributed by atoms with Crippen LogP contribution >= 0.6 is 11.3 Å². The maximum absolute atomic E-state index is 12.0. The zero-order valence-corrected chi connectivity index (χ0v) is 13.3. The Morgan fingerprint density at radius 3 is 2.41 bits per heavy atom. The number of nitrogens with zero attached hydrogens (tertiary/aromatic N) is 1. The molecule has 0 amide bonds. The molecule has 5 nitrogen and oxygen atoms in total. The molecule has 0 N–H and O–H groups in total. The summed E-state index contributed by atoms with van der Waals surface area (Å²) >= 11 is 1.23. The Bertz CT molecular complexity index is 651. The number of benzene rings is 1. The van der Waals surface area contributed by atoms with Crippen LogP contribution in [0.5, 0.6) is 0 Å². The van der Waals surface area contributed by atoms with E-state index in [1.165, 1.54) is 11.3 Å². The zero-order valence-electron chi connectivity index (χ0n) is 12.5. The van der Waals surface area contributed by atoms with Crippen molar-refractivity contribution in [1.29, 1.82) is 0 Å². The predicted octanol–water partition coefficient (Wildman–Crippen LogP) is 3.09. The Labute approximate surface area is 132 Å². The minimum absolute atomic E-state index is 0.0364. The summed E-state index contributed by atoms with van der Waals surface area (Å²) in [5, 5.41) is 0.683. The zero-order chi connectivity index (χ0) is 15.9. The number of rotatable bonds is 6. The van der Waals surface area contributed by atoms with E-state index in [0.29, 0.717) is 22.2 Å². The van der Waals surface area contributed by atoms with Crippen LogP contribution in [-0.4, -0.2) is 30.1 Å². The summed E-state index contributed by atoms with van der Waals surface area (Å²) < 4.78 is 9.97. The fourth-order valence-corrected chi connectivity index (χ4v) is 2.86. The summed E-state index contributed by atoms with van der Waals surface area (Å²) in [4.78, 5) is 28.5. The number of esters is 2. The Morgan fingerprint density at radius 2 is 1.77 bits per heavy atom. The van der Waals surface area contributed by atoms with Crippen LogP contribution in [-0.2, 0) is 20.7 Å². The molecule has 1 aromatic heterocycles. The number of ether oxygens (including phenoxy) is 2. The van der Waals surface area contributed by atoms with Gasteiger partial charge in [0.15, 0.2) is 0 Å². The van der Waals surface area contributed by atoms with Crippen LogP contribution in [0.2, 0.25) is 0 Å². The molecule has 0 spiro atoms. The average Bonchev–Trinajstić information content (AvgIpc) is 2.92. The van der Waals surface area contributed by atoms with Gasteiger partial charge in [-0.2, -0.15) is 0 Å². The molecule has 6 heteroatoms. The molecule has 0 unspecified atom stereocenters. The molecule has 0 atom stereocenters. The first kappa shape index (κ1) is 16.2. The summed E-state index contributed by atoms with van der Waals surface area (Å²) in [7, 11) is 0. The lowest BCUT2D eigenvalue weighted by Crippen LogP contribution is -2.12. The number of carbonyl (C=O) groups excluding carboxylic acids is 2. The predicted molar refractivity (Wildman–Crippen MR) is 83.8 cm³/mol. The minimum Gasteiger partial charge on any atom is -0.466 e. The van der Waals surface area contributed by atoms with Crippen LogP contribution in [0.15, 0.2) is 30.3 Å². The molecule has 0 saturated carbocycles. The first-order valence-corrected chi connectivity index (χ1v) is 7.85. The van der Waals surface area contributed by atoms with Crippen molar-refractivity contribution in [1.82, 2.24) is 4.98 Å². The quantitative estimate of drug-likeness (QED) is 0.766. The fraction of sp³-hybridized carbons (Fsp3) is 0.312. The molecule has 0 fully saturated rings. The van der Waals surface area contributed by atoms with Gasteiger partial charge >= 0.3 is 11.9 Å². The summed E-state index contributed by atoms with van der Waals surface area (Å²) in [5.74, 6) is -0.862. The molecule has 22 heavy (non-hydrogen) atoms. The van der Waals surface area contributed by atoms with E-state index in [4.69, 9.17) is 9.47 Å². The molecule has 0 radical (unpaired) electrons. The van der Waals surface area contributed by atoms with Gasteiger partial charge in [-0.05, 0) is 13.8 Å². The van der Waals surface area contributed by atoms with Crippen LogP contribution in [0.3, 0.4) is 0 Å². The lowest BCUT2D eigenvalue weighted by molar-refractivity contribution is -0.142. The number of hydrogen-bond donors (Lipinski definition) is 0. The minimum atomic E-state index is -0.457. The van der Waals surface area contributed by atoms with Gasteiger partial charge in [0.1, 0.15) is 9.88 Å². The van der Waals surface area contributed by atoms with Crippen molar-refractivity contribution in [3.8, 4) is 10.6 Å². The van der Waals surface area contributed by atoms with E-state index < -0.39 is 11.9 Å². The van der Waals surface area contributed by atoms with Gasteiger partial charge in [0, 0.05) is 5.56 Å². The maximum Gasteiger partial charge on any atom is 0.350 e. The molecule has 1 heterocycles. The van der Waals surface area contributed by atoms with Crippen molar-refractivity contribution in [2.45, 2.75) is 20.3 Å². The third-order valence-corrected chi connectivity index (χ3v) is 3.92. The van der Waals surface area contributed by atoms with Gasteiger partial charge < -0.3 is 9.47 Å². The first-order valence-electron chi connectivity index (χ1n) is 7.03. The molecule has 0 aliphatic heterocycles. The van der Waals surface area contributed by atoms with Crippen molar-refractivity contribution in [2.24, 2.45) is 0 Å². The van der Waals surface area contributed by atoms with Gasteiger partial charge in [-0.3, -0.25) is 4.79 Å². The van der Waals surface area contributed by atoms with Crippen LogP contribution < -0.4 is 0 Å². The SMILES string of the molecule is CCOC(=O)Cc1nc(-c2ccccc2)sc1C(=O)OCC. The van der Waals surface area contributed by atoms with E-state index in [-0.39, 0.29) is 13.0 Å². The van der Waals surface area contributed by atoms with E-state index in [0.717, 1.165) is 5.56 Å². The van der Waals surface area contributed by atoms with Crippen LogP contribution in [0.25, 0.3) is 10.6 Å². The lowest BCUT2D eigenvalue weighted by atomic mass is 10.2. The summed E-state index contributed by atoms with van der Waals surface area (Å²) in [6.45, 7) is 4.04. The number of carbonyl (C=O) groups is 2. The van der Waals surface area contributed by atoms with Crippen LogP contribution in [0.1, 0.15) is 29.2 Å². The topological polar surface area (TPSA) is 65.5 Å². The molecule has 1 aromatic carbocycles. The molecule has 0 saturated heterocycles. The third-order valence-electron chi connectivity index (χ3n) is 2.80. The van der Waals surface area contributed by atoms with Gasteiger partial charge in [0.05, 0.1) is 25.3 Å². The average molecular weight is 319 g/mol. The van der Waals surface area contributed by atoms with Gasteiger partial charge in [-0.15, -0.1) is 11.3 Å². The maximum atomic E-state index is 12.0. The fourth-order valence-electron chi connectivity index (χ4n) is 1.88. The molecule has 0 aliphatic rings. The van der Waals surface area contributed by atoms with E-state index in [9.17, 15) is 9.59 Å². The van der Waals surface area contributed by atoms with Crippen molar-refractivity contribution in [2.75, 3.05) is 13.2 Å². The Morgan fingerprint density at radius 1 is 1.09 bits per heavy atom. The summed E-state index contributed by atoms with van der Waals surface area (Å²) in [6, 6.07) is 9.50. The molecule has 2 aromatic rings. The van der Waals surface area contributed by atoms with E-state index in [1.54, 1.807) is 13.8 Å². The molecule has 0 aliphatic carbocycles. The summed E-state index contributed by atoms with van der Waals surface area (Å²) in [5.41, 5.74) is 1.30. The summed E-state index contributed by atoms with van der Waals surface area (Å²) in [6.07, 6.45) is -0.0364. The van der Waals surface area contributed by atoms with Gasteiger partial charge in [-0.1, -0.05) is 30.3 Å². The molecular formula is C16H17NO4S. The third kappa shape index (κ3) is 3.92. The van der Waals surface area contributed by atoms with E-state index >= 15 is 0 Å². The molecular weight excluding hydrogens is 302 g/mol. The lowest BCUT2D eigenvalue weighted by Gasteiger charge is -2.02. The van der Waals surface area contributed by atoms with E-state index in [1.807, 2.05) is 30.3 Å². The van der Waals surface area contributed by atoms with Gasteiger partial charge in [-0.25, -0.2) is 9.78 Å². The highest BCUT2D eigenvalue weighted by molar-refractivity contribution is 7.17. The van der Waals surface area contributed by atoms with Crippen molar-refractivity contribution in [3.63, 3.8) is 0 Å². The second-order valence-electron chi connectivity index (χ2n) is 4.36. The Hall–Kier alpha value is -2.21. The largest absolute Gasteiger partial charge is 0.466 e. The van der Waals surface area contributed by atoms with Crippen LogP contribution in [0.4, 0.5) is 0 Å². The standard InChI is InChI=1S/C16H17NO4S/c1-3-20-13(18)10-12-14(16(19)21-4-2)22-15(17-12)11-8-6-5-7-9-11/h5-9H,3-4,10H2,1-2H3. The second kappa shape index (κ2) is 7.70. The number of hydrogen-bond acceptors (Lipinski definition) is 6. The monoisotopic (exact) mass is 319 g/mol. The smallest absolute Gasteiger partial charge is 0.350 e. The highest BCUT2D eigenvalue weighted by atomic mass is 32.1. The molecule has 116 valence electrons. The van der Waals surface area contributed by atoms with Gasteiger partial charge in [0.2, 0.25) is 0 Å². The van der Waals surface area contributed by atoms with Crippen molar-refractivity contribution < 1.29 is 19.1 Å². The first-order chi connectivity index (χ1) is 10.7. The van der Waals surface area contributed by atoms with Crippen molar-refractivity contribution in [3.05, 3.63) is 40.9 Å². The number of aromatic nitrogens is 1. The molecule has 2 rings (SSSR count). The van der Waals surface area contributed by atoms with E-state index in [2.05, 4.69) is 4.98 Å². The normalized spacial score (nSPS) is 10.3. The number of thiazole rings is 1.